The van der Waals surface area contributed by atoms with Crippen LogP contribution in [0.15, 0.2) is 12.3 Å². The molecule has 1 aliphatic heterocycles. The molecule has 0 N–H and O–H groups in total. The van der Waals surface area contributed by atoms with Crippen molar-refractivity contribution < 1.29 is 14.3 Å². The summed E-state index contributed by atoms with van der Waals surface area (Å²) in [6.07, 6.45) is 2.69. The number of hydrogen-bond donors (Lipinski definition) is 0. The Bertz CT molecular complexity index is 677. The van der Waals surface area contributed by atoms with Gasteiger partial charge in [0.1, 0.15) is 12.4 Å². The minimum Gasteiger partial charge on any atom is -0.459 e. The fraction of sp³-hybridized carbons (Fsp3) is 0.533. The fourth-order valence-corrected chi connectivity index (χ4v) is 2.53. The van der Waals surface area contributed by atoms with E-state index in [2.05, 4.69) is 28.0 Å². The number of imidazole rings is 1. The molecule has 1 aliphatic rings. The average Bonchev–Trinajstić information content (AvgIpc) is 2.95. The number of aryl methyl sites for hydroxylation is 1. The highest BCUT2D eigenvalue weighted by Crippen LogP contribution is 2.19. The Kier molecular flexibility index (Phi) is 4.24. The normalized spacial score (nSPS) is 15.3. The number of rotatable bonds is 4. The van der Waals surface area contributed by atoms with Crippen molar-refractivity contribution in [1.82, 2.24) is 14.6 Å². The summed E-state index contributed by atoms with van der Waals surface area (Å²) in [5.74, 6) is 0.624. The van der Waals surface area contributed by atoms with E-state index in [0.29, 0.717) is 5.69 Å². The molecule has 3 rings (SSSR count). The van der Waals surface area contributed by atoms with Crippen molar-refractivity contribution in [3.8, 4) is 0 Å². The lowest BCUT2D eigenvalue weighted by Gasteiger charge is -2.28. The molecule has 0 atom stereocenters. The molecule has 0 spiro atoms. The van der Waals surface area contributed by atoms with Crippen molar-refractivity contribution in [2.24, 2.45) is 0 Å². The zero-order valence-corrected chi connectivity index (χ0v) is 12.9. The Morgan fingerprint density at radius 2 is 2.18 bits per heavy atom. The number of ether oxygens (including phenoxy) is 2. The van der Waals surface area contributed by atoms with E-state index >= 15 is 0 Å². The molecule has 22 heavy (non-hydrogen) atoms. The molecule has 1 saturated heterocycles. The van der Waals surface area contributed by atoms with E-state index < -0.39 is 0 Å². The molecule has 0 bridgehead atoms. The Morgan fingerprint density at radius 3 is 2.86 bits per heavy atom. The Balaban J connectivity index is 1.93. The summed E-state index contributed by atoms with van der Waals surface area (Å²) in [6, 6.07) is 2.09. The summed E-state index contributed by atoms with van der Waals surface area (Å²) >= 11 is 0. The summed E-state index contributed by atoms with van der Waals surface area (Å²) in [5, 5.41) is 4.64. The molecule has 0 amide bonds. The van der Waals surface area contributed by atoms with E-state index in [9.17, 15) is 4.79 Å². The molecule has 0 aliphatic carbocycles. The lowest BCUT2D eigenvalue weighted by atomic mass is 10.2. The SMILES string of the molecule is CCc1cc(N2CCOCC2)nn2cc(COC(C)=O)nc12. The van der Waals surface area contributed by atoms with Crippen LogP contribution < -0.4 is 4.90 Å². The minimum absolute atomic E-state index is 0.175. The van der Waals surface area contributed by atoms with Crippen LogP contribution in [-0.2, 0) is 27.3 Å². The average molecular weight is 304 g/mol. The van der Waals surface area contributed by atoms with Gasteiger partial charge in [0.15, 0.2) is 5.65 Å². The largest absolute Gasteiger partial charge is 0.459 e. The molecule has 0 radical (unpaired) electrons. The maximum absolute atomic E-state index is 10.9. The maximum atomic E-state index is 10.9. The van der Waals surface area contributed by atoms with Crippen LogP contribution in [0.5, 0.6) is 0 Å². The Morgan fingerprint density at radius 1 is 1.41 bits per heavy atom. The number of aromatic nitrogens is 3. The van der Waals surface area contributed by atoms with Gasteiger partial charge in [0.2, 0.25) is 0 Å². The van der Waals surface area contributed by atoms with Gasteiger partial charge in [0, 0.05) is 25.6 Å². The smallest absolute Gasteiger partial charge is 0.303 e. The van der Waals surface area contributed by atoms with E-state index in [1.165, 1.54) is 6.92 Å². The monoisotopic (exact) mass is 304 g/mol. The summed E-state index contributed by atoms with van der Waals surface area (Å²) in [4.78, 5) is 17.7. The minimum atomic E-state index is -0.310. The maximum Gasteiger partial charge on any atom is 0.303 e. The molecule has 118 valence electrons. The van der Waals surface area contributed by atoms with Gasteiger partial charge in [-0.15, -0.1) is 5.10 Å². The van der Waals surface area contributed by atoms with Gasteiger partial charge in [-0.25, -0.2) is 9.50 Å². The van der Waals surface area contributed by atoms with Crippen LogP contribution in [0.3, 0.4) is 0 Å². The lowest BCUT2D eigenvalue weighted by Crippen LogP contribution is -2.37. The summed E-state index contributed by atoms with van der Waals surface area (Å²) < 4.78 is 12.2. The first-order chi connectivity index (χ1) is 10.7. The van der Waals surface area contributed by atoms with Crippen LogP contribution >= 0.6 is 0 Å². The van der Waals surface area contributed by atoms with Crippen molar-refractivity contribution >= 4 is 17.4 Å². The van der Waals surface area contributed by atoms with Gasteiger partial charge >= 0.3 is 5.97 Å². The van der Waals surface area contributed by atoms with Gasteiger partial charge in [0.25, 0.3) is 0 Å². The van der Waals surface area contributed by atoms with E-state index in [1.54, 1.807) is 4.52 Å². The second-order valence-corrected chi connectivity index (χ2v) is 5.26. The highest BCUT2D eigenvalue weighted by Gasteiger charge is 2.16. The van der Waals surface area contributed by atoms with Gasteiger partial charge < -0.3 is 14.4 Å². The van der Waals surface area contributed by atoms with Crippen LogP contribution in [0.25, 0.3) is 5.65 Å². The van der Waals surface area contributed by atoms with Crippen LogP contribution in [0.2, 0.25) is 0 Å². The number of carbonyl (C=O) groups is 1. The summed E-state index contributed by atoms with van der Waals surface area (Å²) in [7, 11) is 0. The molecule has 7 nitrogen and oxygen atoms in total. The number of anilines is 1. The number of morpholine rings is 1. The molecule has 0 unspecified atom stereocenters. The quantitative estimate of drug-likeness (QED) is 0.790. The zero-order valence-electron chi connectivity index (χ0n) is 12.9. The fourth-order valence-electron chi connectivity index (χ4n) is 2.53. The first-order valence-electron chi connectivity index (χ1n) is 7.51. The van der Waals surface area contributed by atoms with Crippen molar-refractivity contribution in [1.29, 1.82) is 0 Å². The first kappa shape index (κ1) is 14.8. The Hall–Kier alpha value is -2.15. The molecule has 0 saturated carbocycles. The van der Waals surface area contributed by atoms with Gasteiger partial charge in [0.05, 0.1) is 25.1 Å². The second-order valence-electron chi connectivity index (χ2n) is 5.26. The molecule has 7 heteroatoms. The molecular formula is C15H20N4O3. The van der Waals surface area contributed by atoms with Crippen LogP contribution in [-0.4, -0.2) is 46.9 Å². The highest BCUT2D eigenvalue weighted by atomic mass is 16.5. The predicted molar refractivity (Wildman–Crippen MR) is 80.9 cm³/mol. The molecule has 3 heterocycles. The number of fused-ring (bicyclic) bond motifs is 1. The van der Waals surface area contributed by atoms with Crippen LogP contribution in [0.1, 0.15) is 25.1 Å². The lowest BCUT2D eigenvalue weighted by molar-refractivity contribution is -0.142. The molecule has 0 aromatic carbocycles. The van der Waals surface area contributed by atoms with E-state index in [4.69, 9.17) is 9.47 Å². The third-order valence-electron chi connectivity index (χ3n) is 3.68. The van der Waals surface area contributed by atoms with Gasteiger partial charge in [-0.3, -0.25) is 4.79 Å². The van der Waals surface area contributed by atoms with Crippen molar-refractivity contribution in [3.05, 3.63) is 23.5 Å². The molecule has 2 aromatic heterocycles. The van der Waals surface area contributed by atoms with Gasteiger partial charge in [-0.05, 0) is 12.5 Å². The topological polar surface area (TPSA) is 69.0 Å². The summed E-state index contributed by atoms with van der Waals surface area (Å²) in [6.45, 7) is 6.80. The van der Waals surface area contributed by atoms with E-state index in [1.807, 2.05) is 6.20 Å². The van der Waals surface area contributed by atoms with Crippen LogP contribution in [0, 0.1) is 0 Å². The molecule has 1 fully saturated rings. The number of carbonyl (C=O) groups excluding carboxylic acids is 1. The van der Waals surface area contributed by atoms with Crippen molar-refractivity contribution in [2.75, 3.05) is 31.2 Å². The third-order valence-corrected chi connectivity index (χ3v) is 3.68. The third kappa shape index (κ3) is 3.04. The second kappa shape index (κ2) is 6.31. The standard InChI is InChI=1S/C15H20N4O3/c1-3-12-8-14(18-4-6-21-7-5-18)17-19-9-13(16-15(12)19)10-22-11(2)20/h8-9H,3-7,10H2,1-2H3. The molecular weight excluding hydrogens is 284 g/mol. The van der Waals surface area contributed by atoms with Crippen molar-refractivity contribution in [3.63, 3.8) is 0 Å². The van der Waals surface area contributed by atoms with Crippen molar-refractivity contribution in [2.45, 2.75) is 26.9 Å². The number of esters is 1. The van der Waals surface area contributed by atoms with E-state index in [0.717, 1.165) is 49.8 Å². The number of nitrogens with zero attached hydrogens (tertiary/aromatic N) is 4. The highest BCUT2D eigenvalue weighted by molar-refractivity contribution is 5.66. The van der Waals surface area contributed by atoms with E-state index in [-0.39, 0.29) is 12.6 Å². The summed E-state index contributed by atoms with van der Waals surface area (Å²) in [5.41, 5.74) is 2.66. The number of hydrogen-bond acceptors (Lipinski definition) is 6. The molecule has 2 aromatic rings. The van der Waals surface area contributed by atoms with Crippen LogP contribution in [0.4, 0.5) is 5.82 Å². The van der Waals surface area contributed by atoms with Gasteiger partial charge in [-0.1, -0.05) is 6.92 Å². The predicted octanol–water partition coefficient (Wildman–Crippen LogP) is 1.19. The Labute approximate surface area is 128 Å². The first-order valence-corrected chi connectivity index (χ1v) is 7.51. The zero-order chi connectivity index (χ0) is 15.5. The van der Waals surface area contributed by atoms with Gasteiger partial charge in [-0.2, -0.15) is 0 Å².